The van der Waals surface area contributed by atoms with Gasteiger partial charge in [-0.1, -0.05) is 25.0 Å². The van der Waals surface area contributed by atoms with Gasteiger partial charge in [-0.3, -0.25) is 0 Å². The highest BCUT2D eigenvalue weighted by atomic mass is 35.5. The molecule has 0 bridgehead atoms. The van der Waals surface area contributed by atoms with Crippen LogP contribution in [0.2, 0.25) is 0 Å². The monoisotopic (exact) mass is 201 g/mol. The van der Waals surface area contributed by atoms with Gasteiger partial charge in [0.1, 0.15) is 0 Å². The summed E-state index contributed by atoms with van der Waals surface area (Å²) >= 11 is 5.64. The molecule has 1 aromatic heterocycles. The van der Waals surface area contributed by atoms with E-state index < -0.39 is 0 Å². The minimum absolute atomic E-state index is 0.601. The van der Waals surface area contributed by atoms with E-state index in [4.69, 9.17) is 11.6 Å². The Morgan fingerprint density at radius 3 is 3.00 bits per heavy atom. The van der Waals surface area contributed by atoms with Crippen LogP contribution in [0.15, 0.2) is 6.20 Å². The fraction of sp³-hybridized carbons (Fsp3) is 0.778. The zero-order valence-corrected chi connectivity index (χ0v) is 8.80. The summed E-state index contributed by atoms with van der Waals surface area (Å²) in [5, 5.41) is 7.84. The first kappa shape index (κ1) is 10.5. The van der Waals surface area contributed by atoms with E-state index in [0.717, 1.165) is 13.0 Å². The molecule has 0 aliphatic heterocycles. The van der Waals surface area contributed by atoms with Crippen LogP contribution in [0.3, 0.4) is 0 Å². The van der Waals surface area contributed by atoms with Gasteiger partial charge >= 0.3 is 0 Å². The zero-order valence-electron chi connectivity index (χ0n) is 8.04. The molecular formula is C9H16ClN3. The van der Waals surface area contributed by atoms with Crippen LogP contribution in [0.25, 0.3) is 0 Å². The summed E-state index contributed by atoms with van der Waals surface area (Å²) in [6.07, 6.45) is 6.63. The lowest BCUT2D eigenvalue weighted by Gasteiger charge is -2.02. The normalized spacial score (nSPS) is 10.6. The van der Waals surface area contributed by atoms with Crippen LogP contribution in [-0.2, 0) is 13.0 Å². The minimum Gasteiger partial charge on any atom is -0.248 e. The molecule has 74 valence electrons. The maximum Gasteiger partial charge on any atom is 0.0725 e. The van der Waals surface area contributed by atoms with E-state index in [0.29, 0.717) is 5.88 Å². The summed E-state index contributed by atoms with van der Waals surface area (Å²) in [7, 11) is 0. The van der Waals surface area contributed by atoms with Crippen LogP contribution in [0.5, 0.6) is 0 Å². The molecule has 0 radical (unpaired) electrons. The molecular weight excluding hydrogens is 186 g/mol. The summed E-state index contributed by atoms with van der Waals surface area (Å²) in [6, 6.07) is 0. The van der Waals surface area contributed by atoms with E-state index in [1.165, 1.54) is 25.0 Å². The van der Waals surface area contributed by atoms with Gasteiger partial charge in [0.2, 0.25) is 0 Å². The molecule has 3 nitrogen and oxygen atoms in total. The first-order valence-electron chi connectivity index (χ1n) is 4.81. The Bertz CT molecular complexity index is 235. The van der Waals surface area contributed by atoms with Crippen molar-refractivity contribution in [2.75, 3.05) is 5.88 Å². The minimum atomic E-state index is 0.601. The standard InChI is InChI=1S/C9H16ClN3/c1-2-3-4-5-9-8-11-12-13(9)7-6-10/h8H,2-7H2,1H3. The van der Waals surface area contributed by atoms with E-state index in [9.17, 15) is 0 Å². The Morgan fingerprint density at radius 1 is 1.46 bits per heavy atom. The molecule has 0 aliphatic rings. The molecule has 0 unspecified atom stereocenters. The van der Waals surface area contributed by atoms with E-state index >= 15 is 0 Å². The third-order valence-corrected chi connectivity index (χ3v) is 2.20. The molecule has 1 aromatic rings. The van der Waals surface area contributed by atoms with Crippen molar-refractivity contribution in [2.45, 2.75) is 39.2 Å². The van der Waals surface area contributed by atoms with Gasteiger partial charge < -0.3 is 0 Å². The lowest BCUT2D eigenvalue weighted by Crippen LogP contribution is -2.06. The first-order chi connectivity index (χ1) is 6.38. The smallest absolute Gasteiger partial charge is 0.0725 e. The summed E-state index contributed by atoms with van der Waals surface area (Å²) < 4.78 is 1.89. The highest BCUT2D eigenvalue weighted by molar-refractivity contribution is 6.17. The van der Waals surface area contributed by atoms with Crippen LogP contribution in [0, 0.1) is 0 Å². The Kier molecular flexibility index (Phi) is 4.83. The lowest BCUT2D eigenvalue weighted by atomic mass is 10.2. The van der Waals surface area contributed by atoms with Gasteiger partial charge in [0.15, 0.2) is 0 Å². The maximum absolute atomic E-state index is 5.64. The number of nitrogens with zero attached hydrogens (tertiary/aromatic N) is 3. The van der Waals surface area contributed by atoms with Crippen molar-refractivity contribution >= 4 is 11.6 Å². The van der Waals surface area contributed by atoms with Crippen LogP contribution in [0.4, 0.5) is 0 Å². The number of alkyl halides is 1. The van der Waals surface area contributed by atoms with Gasteiger partial charge in [-0.05, 0) is 12.8 Å². The molecule has 0 saturated carbocycles. The second-order valence-corrected chi connectivity index (χ2v) is 3.47. The van der Waals surface area contributed by atoms with Gasteiger partial charge in [-0.25, -0.2) is 4.68 Å². The van der Waals surface area contributed by atoms with E-state index in [-0.39, 0.29) is 0 Å². The number of hydrogen-bond donors (Lipinski definition) is 0. The van der Waals surface area contributed by atoms with Gasteiger partial charge in [0, 0.05) is 5.88 Å². The summed E-state index contributed by atoms with van der Waals surface area (Å²) in [4.78, 5) is 0. The molecule has 1 heterocycles. The highest BCUT2D eigenvalue weighted by Gasteiger charge is 2.01. The number of halogens is 1. The number of aromatic nitrogens is 3. The lowest BCUT2D eigenvalue weighted by molar-refractivity contribution is 0.585. The predicted molar refractivity (Wildman–Crippen MR) is 54.0 cm³/mol. The number of rotatable bonds is 6. The Labute approximate surface area is 84.1 Å². The van der Waals surface area contributed by atoms with Crippen molar-refractivity contribution in [3.63, 3.8) is 0 Å². The fourth-order valence-electron chi connectivity index (χ4n) is 1.30. The summed E-state index contributed by atoms with van der Waals surface area (Å²) in [5.41, 5.74) is 1.20. The second kappa shape index (κ2) is 5.97. The van der Waals surface area contributed by atoms with Crippen molar-refractivity contribution in [1.29, 1.82) is 0 Å². The molecule has 0 aromatic carbocycles. The van der Waals surface area contributed by atoms with Crippen LogP contribution in [0.1, 0.15) is 31.9 Å². The van der Waals surface area contributed by atoms with Crippen molar-refractivity contribution in [2.24, 2.45) is 0 Å². The molecule has 0 fully saturated rings. The average Bonchev–Trinajstić information content (AvgIpc) is 2.54. The van der Waals surface area contributed by atoms with Gasteiger partial charge in [-0.15, -0.1) is 16.7 Å². The second-order valence-electron chi connectivity index (χ2n) is 3.09. The number of hydrogen-bond acceptors (Lipinski definition) is 2. The van der Waals surface area contributed by atoms with Crippen molar-refractivity contribution in [3.05, 3.63) is 11.9 Å². The van der Waals surface area contributed by atoms with Crippen LogP contribution < -0.4 is 0 Å². The number of unbranched alkanes of at least 4 members (excludes halogenated alkanes) is 2. The fourth-order valence-corrected chi connectivity index (χ4v) is 1.46. The topological polar surface area (TPSA) is 30.7 Å². The Morgan fingerprint density at radius 2 is 2.31 bits per heavy atom. The Balaban J connectivity index is 2.40. The molecule has 0 spiro atoms. The van der Waals surface area contributed by atoms with Gasteiger partial charge in [0.25, 0.3) is 0 Å². The van der Waals surface area contributed by atoms with Gasteiger partial charge in [0.05, 0.1) is 18.4 Å². The molecule has 4 heteroatoms. The molecule has 0 aliphatic carbocycles. The molecule has 13 heavy (non-hydrogen) atoms. The Hall–Kier alpha value is -0.570. The summed E-state index contributed by atoms with van der Waals surface area (Å²) in [5.74, 6) is 0.601. The van der Waals surface area contributed by atoms with Crippen molar-refractivity contribution in [1.82, 2.24) is 15.0 Å². The molecule has 0 N–H and O–H groups in total. The van der Waals surface area contributed by atoms with Crippen molar-refractivity contribution in [3.8, 4) is 0 Å². The molecule has 0 amide bonds. The van der Waals surface area contributed by atoms with Crippen molar-refractivity contribution < 1.29 is 0 Å². The third kappa shape index (κ3) is 3.35. The van der Waals surface area contributed by atoms with E-state index in [1.54, 1.807) is 0 Å². The largest absolute Gasteiger partial charge is 0.248 e. The third-order valence-electron chi connectivity index (χ3n) is 2.03. The molecule has 0 saturated heterocycles. The number of aryl methyl sites for hydroxylation is 2. The van der Waals surface area contributed by atoms with E-state index in [1.807, 2.05) is 10.9 Å². The molecule has 0 atom stereocenters. The average molecular weight is 202 g/mol. The maximum atomic E-state index is 5.64. The van der Waals surface area contributed by atoms with Crippen LogP contribution >= 0.6 is 11.6 Å². The molecule has 1 rings (SSSR count). The van der Waals surface area contributed by atoms with Crippen LogP contribution in [-0.4, -0.2) is 20.9 Å². The van der Waals surface area contributed by atoms with Gasteiger partial charge in [-0.2, -0.15) is 0 Å². The quantitative estimate of drug-likeness (QED) is 0.522. The highest BCUT2D eigenvalue weighted by Crippen LogP contribution is 2.04. The van der Waals surface area contributed by atoms with E-state index in [2.05, 4.69) is 17.2 Å². The predicted octanol–water partition coefficient (Wildman–Crippen LogP) is 2.25. The summed E-state index contributed by atoms with van der Waals surface area (Å²) in [6.45, 7) is 2.97. The SMILES string of the molecule is CCCCCc1cnnn1CCCl. The first-order valence-corrected chi connectivity index (χ1v) is 5.35. The zero-order chi connectivity index (χ0) is 9.52.